The zero-order chi connectivity index (χ0) is 15.0. The van der Waals surface area contributed by atoms with Crippen molar-refractivity contribution in [1.29, 1.82) is 0 Å². The Hall–Kier alpha value is -1.59. The van der Waals surface area contributed by atoms with E-state index in [-0.39, 0.29) is 11.8 Å². The molecule has 2 unspecified atom stereocenters. The lowest BCUT2D eigenvalue weighted by Crippen LogP contribution is -2.29. The SMILES string of the molecule is CCCCCC(C)CC(=O)NCC(C)c1noc(=O)[nH]1. The van der Waals surface area contributed by atoms with Gasteiger partial charge in [0.2, 0.25) is 5.91 Å². The highest BCUT2D eigenvalue weighted by atomic mass is 16.5. The van der Waals surface area contributed by atoms with Gasteiger partial charge in [-0.05, 0) is 5.92 Å². The van der Waals surface area contributed by atoms with Crippen LogP contribution in [0.2, 0.25) is 0 Å². The largest absolute Gasteiger partial charge is 0.438 e. The van der Waals surface area contributed by atoms with Gasteiger partial charge < -0.3 is 5.32 Å². The number of carbonyl (C=O) groups is 1. The summed E-state index contributed by atoms with van der Waals surface area (Å²) in [6.45, 7) is 6.60. The summed E-state index contributed by atoms with van der Waals surface area (Å²) < 4.78 is 4.44. The van der Waals surface area contributed by atoms with Crippen molar-refractivity contribution in [2.24, 2.45) is 5.92 Å². The Bertz CT molecular complexity index is 453. The molecular weight excluding hydrogens is 258 g/mol. The van der Waals surface area contributed by atoms with Crippen LogP contribution < -0.4 is 11.1 Å². The number of aromatic nitrogens is 2. The molecule has 1 heterocycles. The summed E-state index contributed by atoms with van der Waals surface area (Å²) in [6, 6.07) is 0. The number of nitrogens with one attached hydrogen (secondary N) is 2. The molecule has 1 rings (SSSR count). The molecular formula is C14H25N3O3. The average molecular weight is 283 g/mol. The van der Waals surface area contributed by atoms with Crippen LogP contribution in [-0.4, -0.2) is 22.6 Å². The highest BCUT2D eigenvalue weighted by Gasteiger charge is 2.14. The monoisotopic (exact) mass is 283 g/mol. The third kappa shape index (κ3) is 6.04. The Morgan fingerprint density at radius 2 is 2.15 bits per heavy atom. The van der Waals surface area contributed by atoms with Crippen molar-refractivity contribution in [2.45, 2.75) is 58.8 Å². The second-order valence-corrected chi connectivity index (χ2v) is 5.49. The predicted molar refractivity (Wildman–Crippen MR) is 76.5 cm³/mol. The first-order valence-corrected chi connectivity index (χ1v) is 7.35. The fourth-order valence-corrected chi connectivity index (χ4v) is 2.05. The van der Waals surface area contributed by atoms with Gasteiger partial charge in [-0.25, -0.2) is 4.79 Å². The van der Waals surface area contributed by atoms with E-state index in [0.717, 1.165) is 6.42 Å². The van der Waals surface area contributed by atoms with Gasteiger partial charge in [0.05, 0.1) is 0 Å². The molecule has 0 fully saturated rings. The molecule has 1 aromatic heterocycles. The van der Waals surface area contributed by atoms with Crippen LogP contribution in [0.15, 0.2) is 9.32 Å². The van der Waals surface area contributed by atoms with E-state index >= 15 is 0 Å². The van der Waals surface area contributed by atoms with Crippen LogP contribution >= 0.6 is 0 Å². The van der Waals surface area contributed by atoms with Crippen LogP contribution in [0, 0.1) is 5.92 Å². The molecule has 0 radical (unpaired) electrons. The van der Waals surface area contributed by atoms with Crippen LogP contribution in [0.5, 0.6) is 0 Å². The summed E-state index contributed by atoms with van der Waals surface area (Å²) in [5, 5.41) is 6.48. The lowest BCUT2D eigenvalue weighted by atomic mass is 9.99. The van der Waals surface area contributed by atoms with E-state index in [9.17, 15) is 9.59 Å². The first kappa shape index (κ1) is 16.5. The minimum atomic E-state index is -0.567. The number of unbranched alkanes of at least 4 members (excludes halogenated alkanes) is 2. The maximum absolute atomic E-state index is 11.8. The number of H-pyrrole nitrogens is 1. The number of carbonyl (C=O) groups excluding carboxylic acids is 1. The molecule has 0 saturated heterocycles. The minimum Gasteiger partial charge on any atom is -0.355 e. The molecule has 2 N–H and O–H groups in total. The third-order valence-electron chi connectivity index (χ3n) is 3.36. The summed E-state index contributed by atoms with van der Waals surface area (Å²) in [5.74, 6) is 0.283. The van der Waals surface area contributed by atoms with E-state index in [1.165, 1.54) is 19.3 Å². The lowest BCUT2D eigenvalue weighted by molar-refractivity contribution is -0.122. The van der Waals surface area contributed by atoms with E-state index in [1.807, 2.05) is 6.92 Å². The lowest BCUT2D eigenvalue weighted by Gasteiger charge is -2.13. The molecule has 20 heavy (non-hydrogen) atoms. The van der Waals surface area contributed by atoms with Crippen LogP contribution in [-0.2, 0) is 4.79 Å². The van der Waals surface area contributed by atoms with Crippen molar-refractivity contribution in [1.82, 2.24) is 15.5 Å². The number of hydrogen-bond acceptors (Lipinski definition) is 4. The van der Waals surface area contributed by atoms with Crippen LogP contribution in [0.4, 0.5) is 0 Å². The molecule has 0 saturated carbocycles. The van der Waals surface area contributed by atoms with Crippen molar-refractivity contribution < 1.29 is 9.32 Å². The van der Waals surface area contributed by atoms with Gasteiger partial charge in [-0.15, -0.1) is 0 Å². The highest BCUT2D eigenvalue weighted by molar-refractivity contribution is 5.76. The van der Waals surface area contributed by atoms with Crippen molar-refractivity contribution in [3.8, 4) is 0 Å². The number of nitrogens with zero attached hydrogens (tertiary/aromatic N) is 1. The molecule has 114 valence electrons. The van der Waals surface area contributed by atoms with E-state index in [1.54, 1.807) is 0 Å². The average Bonchev–Trinajstić information content (AvgIpc) is 2.83. The Morgan fingerprint density at radius 1 is 1.40 bits per heavy atom. The fourth-order valence-electron chi connectivity index (χ4n) is 2.05. The number of amides is 1. The van der Waals surface area contributed by atoms with Gasteiger partial charge in [0.15, 0.2) is 5.82 Å². The first-order chi connectivity index (χ1) is 9.52. The van der Waals surface area contributed by atoms with Gasteiger partial charge in [-0.3, -0.25) is 14.3 Å². The number of rotatable bonds is 9. The van der Waals surface area contributed by atoms with Gasteiger partial charge in [-0.1, -0.05) is 51.6 Å². The van der Waals surface area contributed by atoms with Crippen molar-refractivity contribution >= 4 is 5.91 Å². The summed E-state index contributed by atoms with van der Waals surface area (Å²) in [4.78, 5) is 25.1. The standard InChI is InChI=1S/C14H25N3O3/c1-4-5-6-7-10(2)8-12(18)15-9-11(3)13-16-14(19)20-17-13/h10-11H,4-9H2,1-3H3,(H,15,18)(H,16,17,19). The zero-order valence-electron chi connectivity index (χ0n) is 12.6. The summed E-state index contributed by atoms with van der Waals surface area (Å²) in [6.07, 6.45) is 5.25. The third-order valence-corrected chi connectivity index (χ3v) is 3.36. The Balaban J connectivity index is 2.23. The molecule has 2 atom stereocenters. The maximum Gasteiger partial charge on any atom is 0.438 e. The molecule has 6 nitrogen and oxygen atoms in total. The molecule has 0 aliphatic heterocycles. The van der Waals surface area contributed by atoms with Gasteiger partial charge in [0, 0.05) is 18.9 Å². The number of hydrogen-bond donors (Lipinski definition) is 2. The number of aromatic amines is 1. The van der Waals surface area contributed by atoms with Crippen molar-refractivity contribution in [3.05, 3.63) is 16.4 Å². The van der Waals surface area contributed by atoms with E-state index in [0.29, 0.717) is 24.7 Å². The van der Waals surface area contributed by atoms with Gasteiger partial charge >= 0.3 is 5.76 Å². The topological polar surface area (TPSA) is 88.0 Å². The molecule has 0 spiro atoms. The van der Waals surface area contributed by atoms with Crippen LogP contribution in [0.1, 0.15) is 64.6 Å². The normalized spacial score (nSPS) is 13.9. The summed E-state index contributed by atoms with van der Waals surface area (Å²) in [7, 11) is 0. The Labute approximate surface area is 119 Å². The smallest absolute Gasteiger partial charge is 0.355 e. The fraction of sp³-hybridized carbons (Fsp3) is 0.786. The molecule has 0 aliphatic carbocycles. The van der Waals surface area contributed by atoms with E-state index in [2.05, 4.69) is 33.8 Å². The highest BCUT2D eigenvalue weighted by Crippen LogP contribution is 2.13. The summed E-state index contributed by atoms with van der Waals surface area (Å²) >= 11 is 0. The van der Waals surface area contributed by atoms with Gasteiger partial charge in [-0.2, -0.15) is 0 Å². The second kappa shape index (κ2) is 8.55. The minimum absolute atomic E-state index is 0.0479. The quantitative estimate of drug-likeness (QED) is 0.680. The van der Waals surface area contributed by atoms with Crippen molar-refractivity contribution in [2.75, 3.05) is 6.54 Å². The van der Waals surface area contributed by atoms with E-state index in [4.69, 9.17) is 0 Å². The molecule has 0 bridgehead atoms. The van der Waals surface area contributed by atoms with Gasteiger partial charge in [0.25, 0.3) is 0 Å². The predicted octanol–water partition coefficient (Wildman–Crippen LogP) is 2.19. The first-order valence-electron chi connectivity index (χ1n) is 7.35. The summed E-state index contributed by atoms with van der Waals surface area (Å²) in [5.41, 5.74) is 0. The van der Waals surface area contributed by atoms with Gasteiger partial charge in [0.1, 0.15) is 0 Å². The maximum atomic E-state index is 11.8. The molecule has 6 heteroatoms. The van der Waals surface area contributed by atoms with Crippen LogP contribution in [0.25, 0.3) is 0 Å². The molecule has 1 aromatic rings. The zero-order valence-corrected chi connectivity index (χ0v) is 12.6. The van der Waals surface area contributed by atoms with Crippen LogP contribution in [0.3, 0.4) is 0 Å². The Kier molecular flexibility index (Phi) is 7.04. The Morgan fingerprint density at radius 3 is 2.75 bits per heavy atom. The molecule has 0 aromatic carbocycles. The molecule has 1 amide bonds. The van der Waals surface area contributed by atoms with E-state index < -0.39 is 5.76 Å². The van der Waals surface area contributed by atoms with Crippen molar-refractivity contribution in [3.63, 3.8) is 0 Å². The second-order valence-electron chi connectivity index (χ2n) is 5.49. The molecule has 0 aliphatic rings.